The molecular formula is C15H25N. The van der Waals surface area contributed by atoms with Gasteiger partial charge in [0.2, 0.25) is 0 Å². The van der Waals surface area contributed by atoms with Crippen molar-refractivity contribution in [2.45, 2.75) is 46.6 Å². The summed E-state index contributed by atoms with van der Waals surface area (Å²) in [6.07, 6.45) is 0. The first-order valence-electron chi connectivity index (χ1n) is 6.36. The van der Waals surface area contributed by atoms with Crippen LogP contribution in [0.25, 0.3) is 0 Å². The molecule has 1 heteroatoms. The van der Waals surface area contributed by atoms with E-state index in [-0.39, 0.29) is 0 Å². The van der Waals surface area contributed by atoms with Crippen LogP contribution in [-0.4, -0.2) is 12.6 Å². The van der Waals surface area contributed by atoms with Crippen LogP contribution in [0.1, 0.15) is 44.7 Å². The number of hydrogen-bond donors (Lipinski definition) is 1. The molecule has 0 aromatic heterocycles. The average Bonchev–Trinajstić information content (AvgIpc) is 2.25. The molecule has 1 N–H and O–H groups in total. The van der Waals surface area contributed by atoms with Gasteiger partial charge in [-0.1, -0.05) is 52.0 Å². The monoisotopic (exact) mass is 219 g/mol. The Kier molecular flexibility index (Phi) is 5.01. The minimum atomic E-state index is 0.561. The second kappa shape index (κ2) is 6.05. The van der Waals surface area contributed by atoms with Gasteiger partial charge in [0, 0.05) is 6.04 Å². The lowest BCUT2D eigenvalue weighted by molar-refractivity contribution is 0.359. The van der Waals surface area contributed by atoms with E-state index in [1.807, 2.05) is 0 Å². The van der Waals surface area contributed by atoms with E-state index >= 15 is 0 Å². The number of hydrogen-bond acceptors (Lipinski definition) is 1. The van der Waals surface area contributed by atoms with Crippen molar-refractivity contribution < 1.29 is 0 Å². The Labute approximate surface area is 100 Å². The Morgan fingerprint density at radius 1 is 1.12 bits per heavy atom. The molecule has 0 fully saturated rings. The Hall–Kier alpha value is -0.820. The van der Waals surface area contributed by atoms with Crippen LogP contribution in [0.5, 0.6) is 0 Å². The summed E-state index contributed by atoms with van der Waals surface area (Å²) in [4.78, 5) is 0. The summed E-state index contributed by atoms with van der Waals surface area (Å²) in [5.41, 5.74) is 2.88. The minimum Gasteiger partial charge on any atom is -0.313 e. The van der Waals surface area contributed by atoms with E-state index in [9.17, 15) is 0 Å². The van der Waals surface area contributed by atoms with Crippen LogP contribution in [-0.2, 0) is 0 Å². The molecular weight excluding hydrogens is 194 g/mol. The second-order valence-electron chi connectivity index (χ2n) is 4.97. The molecule has 0 aliphatic rings. The lowest BCUT2D eigenvalue weighted by Crippen LogP contribution is -2.38. The van der Waals surface area contributed by atoms with Crippen LogP contribution in [0.2, 0.25) is 0 Å². The molecule has 0 amide bonds. The number of likely N-dealkylation sites (N-methyl/N-ethyl adjacent to an activating group) is 1. The van der Waals surface area contributed by atoms with Gasteiger partial charge in [0.05, 0.1) is 0 Å². The quantitative estimate of drug-likeness (QED) is 0.795. The summed E-state index contributed by atoms with van der Waals surface area (Å²) in [5, 5.41) is 3.61. The van der Waals surface area contributed by atoms with E-state index in [1.165, 1.54) is 11.1 Å². The van der Waals surface area contributed by atoms with Gasteiger partial charge in [-0.3, -0.25) is 0 Å². The molecule has 1 aromatic rings. The van der Waals surface area contributed by atoms with Crippen molar-refractivity contribution in [2.24, 2.45) is 5.92 Å². The Bertz CT molecular complexity index is 317. The normalized spacial score (nSPS) is 15.1. The molecule has 0 spiro atoms. The molecule has 0 heterocycles. The molecule has 0 radical (unpaired) electrons. The Morgan fingerprint density at radius 2 is 1.75 bits per heavy atom. The summed E-state index contributed by atoms with van der Waals surface area (Å²) < 4.78 is 0. The van der Waals surface area contributed by atoms with Crippen molar-refractivity contribution in [1.29, 1.82) is 0 Å². The minimum absolute atomic E-state index is 0.561. The zero-order chi connectivity index (χ0) is 12.1. The number of aryl methyl sites for hydroxylation is 1. The highest BCUT2D eigenvalue weighted by Gasteiger charge is 2.21. The molecule has 1 aromatic carbocycles. The predicted octanol–water partition coefficient (Wildman–Crippen LogP) is 3.73. The number of rotatable bonds is 5. The third kappa shape index (κ3) is 3.08. The van der Waals surface area contributed by atoms with Crippen LogP contribution in [0.15, 0.2) is 24.3 Å². The number of nitrogens with one attached hydrogen (secondary N) is 1. The van der Waals surface area contributed by atoms with Gasteiger partial charge in [-0.25, -0.2) is 0 Å². The van der Waals surface area contributed by atoms with Gasteiger partial charge in [0.1, 0.15) is 0 Å². The van der Waals surface area contributed by atoms with Crippen molar-refractivity contribution in [3.8, 4) is 0 Å². The SMILES string of the molecule is CCNC(C(C)C)C(C)c1ccccc1C. The summed E-state index contributed by atoms with van der Waals surface area (Å²) >= 11 is 0. The van der Waals surface area contributed by atoms with Gasteiger partial charge < -0.3 is 5.32 Å². The van der Waals surface area contributed by atoms with E-state index in [1.54, 1.807) is 0 Å². The standard InChI is InChI=1S/C15H25N/c1-6-16-15(11(2)3)13(5)14-10-8-7-9-12(14)4/h7-11,13,15-16H,6H2,1-5H3. The van der Waals surface area contributed by atoms with Gasteiger partial charge in [-0.15, -0.1) is 0 Å². The molecule has 2 atom stereocenters. The van der Waals surface area contributed by atoms with Crippen molar-refractivity contribution >= 4 is 0 Å². The summed E-state index contributed by atoms with van der Waals surface area (Å²) in [7, 11) is 0. The van der Waals surface area contributed by atoms with Gasteiger partial charge in [-0.05, 0) is 36.4 Å². The summed E-state index contributed by atoms with van der Waals surface area (Å²) in [5.74, 6) is 1.23. The summed E-state index contributed by atoms with van der Waals surface area (Å²) in [6, 6.07) is 9.28. The largest absolute Gasteiger partial charge is 0.313 e. The molecule has 0 bridgehead atoms. The number of benzene rings is 1. The Balaban J connectivity index is 2.90. The Morgan fingerprint density at radius 3 is 2.25 bits per heavy atom. The first-order chi connectivity index (χ1) is 7.57. The van der Waals surface area contributed by atoms with E-state index in [0.29, 0.717) is 17.9 Å². The highest BCUT2D eigenvalue weighted by molar-refractivity contribution is 5.29. The van der Waals surface area contributed by atoms with Gasteiger partial charge >= 0.3 is 0 Å². The highest BCUT2D eigenvalue weighted by Crippen LogP contribution is 2.26. The second-order valence-corrected chi connectivity index (χ2v) is 4.97. The lowest BCUT2D eigenvalue weighted by Gasteiger charge is -2.29. The van der Waals surface area contributed by atoms with E-state index in [4.69, 9.17) is 0 Å². The van der Waals surface area contributed by atoms with Crippen molar-refractivity contribution in [3.63, 3.8) is 0 Å². The van der Waals surface area contributed by atoms with E-state index < -0.39 is 0 Å². The molecule has 90 valence electrons. The highest BCUT2D eigenvalue weighted by atomic mass is 14.9. The van der Waals surface area contributed by atoms with Crippen LogP contribution >= 0.6 is 0 Å². The van der Waals surface area contributed by atoms with Crippen molar-refractivity contribution in [3.05, 3.63) is 35.4 Å². The molecule has 0 saturated carbocycles. The van der Waals surface area contributed by atoms with Crippen molar-refractivity contribution in [2.75, 3.05) is 6.54 Å². The van der Waals surface area contributed by atoms with Crippen molar-refractivity contribution in [1.82, 2.24) is 5.32 Å². The molecule has 16 heavy (non-hydrogen) atoms. The van der Waals surface area contributed by atoms with Crippen LogP contribution in [0.4, 0.5) is 0 Å². The summed E-state index contributed by atoms with van der Waals surface area (Å²) in [6.45, 7) is 12.3. The van der Waals surface area contributed by atoms with Crippen LogP contribution in [0, 0.1) is 12.8 Å². The maximum Gasteiger partial charge on any atom is 0.0156 e. The smallest absolute Gasteiger partial charge is 0.0156 e. The fraction of sp³-hybridized carbons (Fsp3) is 0.600. The molecule has 0 aliphatic carbocycles. The van der Waals surface area contributed by atoms with Gasteiger partial charge in [-0.2, -0.15) is 0 Å². The molecule has 0 aliphatic heterocycles. The van der Waals surface area contributed by atoms with Gasteiger partial charge in [0.25, 0.3) is 0 Å². The molecule has 1 rings (SSSR count). The maximum atomic E-state index is 3.61. The van der Waals surface area contributed by atoms with E-state index in [2.05, 4.69) is 64.2 Å². The topological polar surface area (TPSA) is 12.0 Å². The third-order valence-electron chi connectivity index (χ3n) is 3.38. The molecule has 1 nitrogen and oxygen atoms in total. The maximum absolute atomic E-state index is 3.61. The molecule has 0 saturated heterocycles. The van der Waals surface area contributed by atoms with E-state index in [0.717, 1.165) is 6.54 Å². The zero-order valence-corrected chi connectivity index (χ0v) is 11.2. The fourth-order valence-electron chi connectivity index (χ4n) is 2.52. The van der Waals surface area contributed by atoms with Crippen LogP contribution in [0.3, 0.4) is 0 Å². The molecule has 2 unspecified atom stereocenters. The predicted molar refractivity (Wildman–Crippen MR) is 71.9 cm³/mol. The van der Waals surface area contributed by atoms with Crippen LogP contribution < -0.4 is 5.32 Å². The lowest BCUT2D eigenvalue weighted by atomic mass is 9.84. The first-order valence-corrected chi connectivity index (χ1v) is 6.36. The zero-order valence-electron chi connectivity index (χ0n) is 11.2. The first kappa shape index (κ1) is 13.2. The van der Waals surface area contributed by atoms with Gasteiger partial charge in [0.15, 0.2) is 0 Å². The average molecular weight is 219 g/mol. The fourth-order valence-corrected chi connectivity index (χ4v) is 2.52. The third-order valence-corrected chi connectivity index (χ3v) is 3.38.